The molecule has 0 N–H and O–H groups in total. The molecule has 1 fully saturated rings. The first-order valence-electron chi connectivity index (χ1n) is 5.43. The Balaban J connectivity index is 2.24. The molecule has 1 aliphatic rings. The van der Waals surface area contributed by atoms with E-state index in [-0.39, 0.29) is 0 Å². The predicted octanol–water partition coefficient (Wildman–Crippen LogP) is 2.35. The molecule has 2 amide bonds. The van der Waals surface area contributed by atoms with Gasteiger partial charge in [0.2, 0.25) is 0 Å². The van der Waals surface area contributed by atoms with Crippen molar-refractivity contribution in [1.82, 2.24) is 4.90 Å². The highest BCUT2D eigenvalue weighted by Gasteiger charge is 2.41. The van der Waals surface area contributed by atoms with Crippen molar-refractivity contribution in [1.29, 1.82) is 0 Å². The molecule has 2 heterocycles. The number of carbonyl (C=O) groups excluding carboxylic acids is 3. The Morgan fingerprint density at radius 1 is 1.47 bits per heavy atom. The highest BCUT2D eigenvalue weighted by Crippen LogP contribution is 2.34. The van der Waals surface area contributed by atoms with Gasteiger partial charge in [0.1, 0.15) is 6.04 Å². The smallest absolute Gasteiger partial charge is 0.328 e. The number of hydrogen-bond donors (Lipinski definition) is 0. The van der Waals surface area contributed by atoms with Gasteiger partial charge in [-0.05, 0) is 36.2 Å². The lowest BCUT2D eigenvalue weighted by molar-refractivity contribution is -0.148. The number of amides is 2. The van der Waals surface area contributed by atoms with E-state index in [1.165, 1.54) is 25.4 Å². The third-order valence-electron chi connectivity index (χ3n) is 2.57. The van der Waals surface area contributed by atoms with Crippen LogP contribution in [0.5, 0.6) is 0 Å². The zero-order valence-electron chi connectivity index (χ0n) is 10.3. The quantitative estimate of drug-likeness (QED) is 0.633. The van der Waals surface area contributed by atoms with Crippen LogP contribution >= 0.6 is 23.1 Å². The maximum Gasteiger partial charge on any atom is 0.328 e. The van der Waals surface area contributed by atoms with Gasteiger partial charge >= 0.3 is 5.97 Å². The summed E-state index contributed by atoms with van der Waals surface area (Å²) in [5.41, 5.74) is 0. The number of rotatable bonds is 3. The first-order chi connectivity index (χ1) is 9.04. The highest BCUT2D eigenvalue weighted by atomic mass is 32.2. The summed E-state index contributed by atoms with van der Waals surface area (Å²) >= 11 is 2.30. The summed E-state index contributed by atoms with van der Waals surface area (Å²) in [4.78, 5) is 37.5. The fourth-order valence-electron chi connectivity index (χ4n) is 1.59. The fourth-order valence-corrected chi connectivity index (χ4v) is 3.22. The van der Waals surface area contributed by atoms with Gasteiger partial charge in [0.05, 0.1) is 12.0 Å². The van der Waals surface area contributed by atoms with Crippen LogP contribution in [0.2, 0.25) is 0 Å². The van der Waals surface area contributed by atoms with E-state index in [4.69, 9.17) is 0 Å². The van der Waals surface area contributed by atoms with E-state index >= 15 is 0 Å². The van der Waals surface area contributed by atoms with E-state index in [0.717, 1.165) is 21.5 Å². The van der Waals surface area contributed by atoms with Crippen LogP contribution < -0.4 is 0 Å². The summed E-state index contributed by atoms with van der Waals surface area (Å²) in [6.07, 6.45) is 1.65. The lowest BCUT2D eigenvalue weighted by Crippen LogP contribution is -2.42. The van der Waals surface area contributed by atoms with E-state index in [2.05, 4.69) is 4.74 Å². The van der Waals surface area contributed by atoms with Gasteiger partial charge in [-0.15, -0.1) is 11.3 Å². The van der Waals surface area contributed by atoms with E-state index in [9.17, 15) is 14.4 Å². The third kappa shape index (κ3) is 2.71. The summed E-state index contributed by atoms with van der Waals surface area (Å²) in [6, 6.07) is 2.80. The Bertz CT molecular complexity index is 550. The normalized spacial score (nSPS) is 19.1. The number of ether oxygens (including phenoxy) is 1. The largest absolute Gasteiger partial charge is 0.467 e. The molecule has 0 aromatic carbocycles. The zero-order valence-corrected chi connectivity index (χ0v) is 11.9. The second-order valence-corrected chi connectivity index (χ2v) is 5.74. The molecule has 7 heteroatoms. The topological polar surface area (TPSA) is 63.7 Å². The van der Waals surface area contributed by atoms with Crippen molar-refractivity contribution in [2.45, 2.75) is 13.0 Å². The number of imide groups is 1. The minimum Gasteiger partial charge on any atom is -0.467 e. The fraction of sp³-hybridized carbons (Fsp3) is 0.250. The van der Waals surface area contributed by atoms with Crippen LogP contribution in [0.4, 0.5) is 4.79 Å². The van der Waals surface area contributed by atoms with E-state index in [1.54, 1.807) is 6.08 Å². The lowest BCUT2D eigenvalue weighted by atomic mass is 10.3. The van der Waals surface area contributed by atoms with Crippen molar-refractivity contribution in [2.75, 3.05) is 7.11 Å². The van der Waals surface area contributed by atoms with Crippen molar-refractivity contribution in [3.8, 4) is 0 Å². The van der Waals surface area contributed by atoms with Crippen molar-refractivity contribution in [2.24, 2.45) is 0 Å². The molecule has 0 spiro atoms. The molecule has 1 atom stereocenters. The van der Waals surface area contributed by atoms with Crippen molar-refractivity contribution in [3.05, 3.63) is 27.3 Å². The first-order valence-corrected chi connectivity index (χ1v) is 7.12. The second kappa shape index (κ2) is 5.58. The minimum atomic E-state index is -0.910. The highest BCUT2D eigenvalue weighted by molar-refractivity contribution is 8.18. The molecule has 0 aliphatic carbocycles. The van der Waals surface area contributed by atoms with Gasteiger partial charge in [0.25, 0.3) is 11.1 Å². The van der Waals surface area contributed by atoms with Crippen molar-refractivity contribution < 1.29 is 19.1 Å². The van der Waals surface area contributed by atoms with Crippen LogP contribution in [0, 0.1) is 0 Å². The Labute approximate surface area is 118 Å². The van der Waals surface area contributed by atoms with Crippen LogP contribution in [0.25, 0.3) is 6.08 Å². The SMILES string of the molecule is COC(=O)C(C)N1C(=O)SC(=Cc2cccs2)C1=O. The molecule has 19 heavy (non-hydrogen) atoms. The van der Waals surface area contributed by atoms with Crippen LogP contribution in [-0.2, 0) is 14.3 Å². The molecule has 1 aromatic heterocycles. The third-order valence-corrected chi connectivity index (χ3v) is 4.27. The molecular weight excluding hydrogens is 286 g/mol. The average Bonchev–Trinajstić information content (AvgIpc) is 2.98. The number of hydrogen-bond acceptors (Lipinski definition) is 6. The maximum atomic E-state index is 12.1. The first kappa shape index (κ1) is 13.8. The zero-order chi connectivity index (χ0) is 14.0. The Kier molecular flexibility index (Phi) is 4.06. The molecular formula is C12H11NO4S2. The monoisotopic (exact) mass is 297 g/mol. The number of nitrogens with zero attached hydrogens (tertiary/aromatic N) is 1. The molecule has 1 saturated heterocycles. The van der Waals surface area contributed by atoms with Crippen molar-refractivity contribution >= 4 is 46.3 Å². The molecule has 5 nitrogen and oxygen atoms in total. The van der Waals surface area contributed by atoms with Gasteiger partial charge < -0.3 is 4.74 Å². The number of methoxy groups -OCH3 is 1. The van der Waals surface area contributed by atoms with Gasteiger partial charge in [-0.25, -0.2) is 4.79 Å². The minimum absolute atomic E-state index is 0.322. The molecule has 0 radical (unpaired) electrons. The summed E-state index contributed by atoms with van der Waals surface area (Å²) < 4.78 is 4.55. The van der Waals surface area contributed by atoms with E-state index < -0.39 is 23.2 Å². The summed E-state index contributed by atoms with van der Waals surface area (Å²) in [5.74, 6) is -1.07. The molecule has 2 rings (SSSR count). The molecule has 0 saturated carbocycles. The number of esters is 1. The summed E-state index contributed by atoms with van der Waals surface area (Å²) in [6.45, 7) is 1.47. The second-order valence-electron chi connectivity index (χ2n) is 3.77. The average molecular weight is 297 g/mol. The van der Waals surface area contributed by atoms with Crippen molar-refractivity contribution in [3.63, 3.8) is 0 Å². The number of thiophene rings is 1. The molecule has 1 unspecified atom stereocenters. The maximum absolute atomic E-state index is 12.1. The molecule has 1 aromatic rings. The van der Waals surface area contributed by atoms with Crippen LogP contribution in [0.1, 0.15) is 11.8 Å². The van der Waals surface area contributed by atoms with Gasteiger partial charge in [-0.3, -0.25) is 14.5 Å². The van der Waals surface area contributed by atoms with Crippen LogP contribution in [0.3, 0.4) is 0 Å². The predicted molar refractivity (Wildman–Crippen MR) is 73.6 cm³/mol. The number of carbonyl (C=O) groups is 3. The Morgan fingerprint density at radius 2 is 2.21 bits per heavy atom. The molecule has 1 aliphatic heterocycles. The molecule has 100 valence electrons. The standard InChI is InChI=1S/C12H11NO4S2/c1-7(11(15)17-2)13-10(14)9(19-12(13)16)6-8-4-3-5-18-8/h3-7H,1-2H3. The Hall–Kier alpha value is -1.60. The van der Waals surface area contributed by atoms with E-state index in [0.29, 0.717) is 4.91 Å². The summed E-state index contributed by atoms with van der Waals surface area (Å²) in [5, 5.41) is 1.43. The van der Waals surface area contributed by atoms with Crippen LogP contribution in [-0.4, -0.2) is 35.2 Å². The van der Waals surface area contributed by atoms with E-state index in [1.807, 2.05) is 17.5 Å². The van der Waals surface area contributed by atoms with Crippen LogP contribution in [0.15, 0.2) is 22.4 Å². The number of thioether (sulfide) groups is 1. The van der Waals surface area contributed by atoms with Gasteiger partial charge in [-0.1, -0.05) is 6.07 Å². The molecule has 0 bridgehead atoms. The lowest BCUT2D eigenvalue weighted by Gasteiger charge is -2.18. The van der Waals surface area contributed by atoms with Gasteiger partial charge in [-0.2, -0.15) is 0 Å². The Morgan fingerprint density at radius 3 is 2.79 bits per heavy atom. The summed E-state index contributed by atoms with van der Waals surface area (Å²) in [7, 11) is 1.22. The van der Waals surface area contributed by atoms with Gasteiger partial charge in [0.15, 0.2) is 0 Å². The van der Waals surface area contributed by atoms with Gasteiger partial charge in [0, 0.05) is 4.88 Å².